The number of carbonyl (C=O) groups is 1. The minimum Gasteiger partial charge on any atom is -0.426 e. The fraction of sp³-hybridized carbons (Fsp3) is 0.0345. The summed E-state index contributed by atoms with van der Waals surface area (Å²) in [6, 6.07) is 39.1. The molecule has 33 heavy (non-hydrogen) atoms. The molecule has 5 aromatic rings. The molecule has 160 valence electrons. The minimum absolute atomic E-state index is 0.0934. The van der Waals surface area contributed by atoms with E-state index in [1.165, 1.54) is 0 Å². The maximum absolute atomic E-state index is 13.0. The minimum atomic E-state index is -0.330. The zero-order chi connectivity index (χ0) is 22.5. The van der Waals surface area contributed by atoms with E-state index in [9.17, 15) is 4.79 Å². The molecule has 0 aliphatic carbocycles. The molecule has 4 aromatic carbocycles. The van der Waals surface area contributed by atoms with Crippen molar-refractivity contribution in [3.63, 3.8) is 0 Å². The van der Waals surface area contributed by atoms with Gasteiger partial charge in [-0.3, -0.25) is 4.79 Å². The summed E-state index contributed by atoms with van der Waals surface area (Å²) in [5.41, 5.74) is 5.34. The highest BCUT2D eigenvalue weighted by Gasteiger charge is 2.24. The molecule has 0 saturated heterocycles. The predicted octanol–water partition coefficient (Wildman–Crippen LogP) is 6.35. The van der Waals surface area contributed by atoms with Crippen LogP contribution in [0.4, 0.5) is 0 Å². The van der Waals surface area contributed by atoms with Crippen LogP contribution in [-0.4, -0.2) is 15.7 Å². The van der Waals surface area contributed by atoms with Gasteiger partial charge in [-0.2, -0.15) is 5.10 Å². The molecule has 4 heteroatoms. The highest BCUT2D eigenvalue weighted by atomic mass is 16.5. The molecule has 0 aliphatic rings. The third-order valence-electron chi connectivity index (χ3n) is 5.37. The topological polar surface area (TPSA) is 44.1 Å². The van der Waals surface area contributed by atoms with Crippen molar-refractivity contribution in [2.75, 3.05) is 0 Å². The highest BCUT2D eigenvalue weighted by Crippen LogP contribution is 2.35. The molecule has 0 N–H and O–H groups in total. The van der Waals surface area contributed by atoms with Crippen LogP contribution in [0.1, 0.15) is 5.56 Å². The Morgan fingerprint density at radius 1 is 0.667 bits per heavy atom. The first-order valence-corrected chi connectivity index (χ1v) is 10.8. The van der Waals surface area contributed by atoms with Gasteiger partial charge in [-0.05, 0) is 24.3 Å². The van der Waals surface area contributed by atoms with E-state index in [0.29, 0.717) is 5.75 Å². The van der Waals surface area contributed by atoms with Crippen molar-refractivity contribution in [3.05, 3.63) is 127 Å². The predicted molar refractivity (Wildman–Crippen MR) is 130 cm³/mol. The second-order valence-electron chi connectivity index (χ2n) is 7.62. The summed E-state index contributed by atoms with van der Waals surface area (Å²) >= 11 is 0. The van der Waals surface area contributed by atoms with Crippen LogP contribution in [0, 0.1) is 0 Å². The molecular weight excluding hydrogens is 408 g/mol. The van der Waals surface area contributed by atoms with Gasteiger partial charge in [0.15, 0.2) is 0 Å². The lowest BCUT2D eigenvalue weighted by molar-refractivity contribution is -0.133. The summed E-state index contributed by atoms with van der Waals surface area (Å²) in [5, 5.41) is 5.00. The molecule has 0 radical (unpaired) electrons. The lowest BCUT2D eigenvalue weighted by Crippen LogP contribution is -2.12. The number of para-hydroxylation sites is 2. The van der Waals surface area contributed by atoms with Gasteiger partial charge < -0.3 is 4.74 Å². The van der Waals surface area contributed by atoms with Crippen LogP contribution in [0.5, 0.6) is 5.75 Å². The number of esters is 1. The standard InChI is InChI=1S/C29H22N2O2/c32-27(33-25-19-11-4-12-20-25)21-26-28(22-13-5-1-6-14-22)30-31(24-17-9-3-10-18-24)29(26)23-15-7-2-8-16-23/h1-20H,21H2. The maximum atomic E-state index is 13.0. The lowest BCUT2D eigenvalue weighted by Gasteiger charge is -2.10. The Balaban J connectivity index is 1.68. The van der Waals surface area contributed by atoms with E-state index in [1.807, 2.05) is 114 Å². The van der Waals surface area contributed by atoms with Gasteiger partial charge in [-0.25, -0.2) is 4.68 Å². The van der Waals surface area contributed by atoms with Gasteiger partial charge in [0.2, 0.25) is 0 Å². The van der Waals surface area contributed by atoms with Crippen LogP contribution in [0.25, 0.3) is 28.2 Å². The number of aromatic nitrogens is 2. The fourth-order valence-corrected chi connectivity index (χ4v) is 3.89. The van der Waals surface area contributed by atoms with Gasteiger partial charge in [0.05, 0.1) is 23.5 Å². The van der Waals surface area contributed by atoms with E-state index in [0.717, 1.165) is 33.8 Å². The quantitative estimate of drug-likeness (QED) is 0.233. The van der Waals surface area contributed by atoms with Gasteiger partial charge in [-0.15, -0.1) is 0 Å². The summed E-state index contributed by atoms with van der Waals surface area (Å²) in [5.74, 6) is 0.198. The van der Waals surface area contributed by atoms with E-state index in [1.54, 1.807) is 12.1 Å². The molecule has 0 bridgehead atoms. The highest BCUT2D eigenvalue weighted by molar-refractivity contribution is 5.84. The van der Waals surface area contributed by atoms with Crippen molar-refractivity contribution in [1.29, 1.82) is 0 Å². The van der Waals surface area contributed by atoms with Crippen molar-refractivity contribution < 1.29 is 9.53 Å². The number of rotatable bonds is 6. The first-order valence-electron chi connectivity index (χ1n) is 10.8. The summed E-state index contributed by atoms with van der Waals surface area (Å²) in [6.07, 6.45) is 0.0934. The van der Waals surface area contributed by atoms with Gasteiger partial charge in [-0.1, -0.05) is 97.1 Å². The molecule has 0 aliphatic heterocycles. The number of carbonyl (C=O) groups excluding carboxylic acids is 1. The van der Waals surface area contributed by atoms with Crippen molar-refractivity contribution in [2.45, 2.75) is 6.42 Å². The van der Waals surface area contributed by atoms with E-state index in [-0.39, 0.29) is 12.4 Å². The van der Waals surface area contributed by atoms with Crippen LogP contribution < -0.4 is 4.74 Å². The Bertz CT molecular complexity index is 1350. The first kappa shape index (κ1) is 20.5. The molecule has 1 heterocycles. The Kier molecular flexibility index (Phi) is 5.81. The monoisotopic (exact) mass is 430 g/mol. The molecule has 1 aromatic heterocycles. The lowest BCUT2D eigenvalue weighted by atomic mass is 9.99. The zero-order valence-corrected chi connectivity index (χ0v) is 18.0. The van der Waals surface area contributed by atoms with Crippen LogP contribution in [-0.2, 0) is 11.2 Å². The molecule has 0 atom stereocenters. The van der Waals surface area contributed by atoms with Gasteiger partial charge in [0.25, 0.3) is 0 Å². The Hall–Kier alpha value is -4.44. The van der Waals surface area contributed by atoms with Crippen LogP contribution >= 0.6 is 0 Å². The number of nitrogens with zero attached hydrogens (tertiary/aromatic N) is 2. The largest absolute Gasteiger partial charge is 0.426 e. The second kappa shape index (κ2) is 9.37. The molecule has 0 saturated carbocycles. The van der Waals surface area contributed by atoms with E-state index >= 15 is 0 Å². The Morgan fingerprint density at radius 2 is 1.18 bits per heavy atom. The fourth-order valence-electron chi connectivity index (χ4n) is 3.89. The number of benzene rings is 4. The number of hydrogen-bond acceptors (Lipinski definition) is 3. The van der Waals surface area contributed by atoms with Gasteiger partial charge in [0.1, 0.15) is 5.75 Å². The van der Waals surface area contributed by atoms with Crippen molar-refractivity contribution in [2.24, 2.45) is 0 Å². The number of hydrogen-bond donors (Lipinski definition) is 0. The Labute approximate surface area is 192 Å². The van der Waals surface area contributed by atoms with Crippen molar-refractivity contribution in [3.8, 4) is 34.0 Å². The van der Waals surface area contributed by atoms with Crippen molar-refractivity contribution in [1.82, 2.24) is 9.78 Å². The second-order valence-corrected chi connectivity index (χ2v) is 7.62. The van der Waals surface area contributed by atoms with E-state index in [2.05, 4.69) is 0 Å². The molecule has 0 spiro atoms. The third-order valence-corrected chi connectivity index (χ3v) is 5.37. The summed E-state index contributed by atoms with van der Waals surface area (Å²) in [7, 11) is 0. The summed E-state index contributed by atoms with van der Waals surface area (Å²) < 4.78 is 7.56. The average molecular weight is 431 g/mol. The molecule has 0 fully saturated rings. The maximum Gasteiger partial charge on any atom is 0.315 e. The van der Waals surface area contributed by atoms with Gasteiger partial charge in [0, 0.05) is 16.7 Å². The molecule has 0 unspecified atom stereocenters. The number of ether oxygens (including phenoxy) is 1. The SMILES string of the molecule is O=C(Cc1c(-c2ccccc2)nn(-c2ccccc2)c1-c1ccccc1)Oc1ccccc1. The Morgan fingerprint density at radius 3 is 1.79 bits per heavy atom. The average Bonchev–Trinajstić information content (AvgIpc) is 3.25. The van der Waals surface area contributed by atoms with Gasteiger partial charge >= 0.3 is 5.97 Å². The van der Waals surface area contributed by atoms with E-state index < -0.39 is 0 Å². The molecule has 4 nitrogen and oxygen atoms in total. The van der Waals surface area contributed by atoms with Crippen LogP contribution in [0.15, 0.2) is 121 Å². The van der Waals surface area contributed by atoms with E-state index in [4.69, 9.17) is 9.84 Å². The molecule has 5 rings (SSSR count). The van der Waals surface area contributed by atoms with Crippen molar-refractivity contribution >= 4 is 5.97 Å². The smallest absolute Gasteiger partial charge is 0.315 e. The molecule has 0 amide bonds. The third kappa shape index (κ3) is 4.46. The first-order chi connectivity index (χ1) is 16.3. The van der Waals surface area contributed by atoms with Crippen LogP contribution in [0.3, 0.4) is 0 Å². The summed E-state index contributed by atoms with van der Waals surface area (Å²) in [6.45, 7) is 0. The summed E-state index contributed by atoms with van der Waals surface area (Å²) in [4.78, 5) is 13.0. The van der Waals surface area contributed by atoms with Crippen LogP contribution in [0.2, 0.25) is 0 Å². The zero-order valence-electron chi connectivity index (χ0n) is 18.0. The molecular formula is C29H22N2O2. The normalized spacial score (nSPS) is 10.7.